The van der Waals surface area contributed by atoms with Crippen LogP contribution in [0.5, 0.6) is 0 Å². The Balaban J connectivity index is 2.26. The summed E-state index contributed by atoms with van der Waals surface area (Å²) in [5.74, 6) is 1.88. The van der Waals surface area contributed by atoms with E-state index in [1.807, 2.05) is 11.8 Å². The second kappa shape index (κ2) is 3.63. The minimum absolute atomic E-state index is 0.0209. The van der Waals surface area contributed by atoms with Crippen molar-refractivity contribution < 1.29 is 5.11 Å². The molecule has 0 amide bonds. The maximum absolute atomic E-state index is 9.42. The summed E-state index contributed by atoms with van der Waals surface area (Å²) in [5, 5.41) is 9.94. The predicted octanol–water partition coefficient (Wildman–Crippen LogP) is 1.90. The van der Waals surface area contributed by atoms with Crippen LogP contribution in [0.15, 0.2) is 0 Å². The van der Waals surface area contributed by atoms with Gasteiger partial charge in [0.05, 0.1) is 6.10 Å². The molecule has 0 aromatic heterocycles. The number of hydrogen-bond donors (Lipinski definition) is 1. The zero-order valence-electron chi connectivity index (χ0n) is 6.71. The van der Waals surface area contributed by atoms with E-state index >= 15 is 0 Å². The standard InChI is InChI=1S/C8H16OS/c1-6(2)5-8-7(9)3-4-10-8/h6-9H,3-5H2,1-2H3/t7-,8-/m1/s1. The summed E-state index contributed by atoms with van der Waals surface area (Å²) in [6.07, 6.45) is 2.15. The van der Waals surface area contributed by atoms with Gasteiger partial charge in [-0.05, 0) is 24.5 Å². The Bertz CT molecular complexity index is 103. The Morgan fingerprint density at radius 1 is 1.60 bits per heavy atom. The molecule has 1 aliphatic heterocycles. The van der Waals surface area contributed by atoms with Gasteiger partial charge in [0.15, 0.2) is 0 Å². The van der Waals surface area contributed by atoms with Crippen molar-refractivity contribution in [1.29, 1.82) is 0 Å². The van der Waals surface area contributed by atoms with Crippen LogP contribution in [-0.4, -0.2) is 22.2 Å². The van der Waals surface area contributed by atoms with E-state index in [1.54, 1.807) is 0 Å². The fourth-order valence-electron chi connectivity index (χ4n) is 1.33. The fourth-order valence-corrected chi connectivity index (χ4v) is 2.89. The molecule has 1 fully saturated rings. The van der Waals surface area contributed by atoms with E-state index in [4.69, 9.17) is 0 Å². The van der Waals surface area contributed by atoms with Crippen molar-refractivity contribution in [2.24, 2.45) is 5.92 Å². The highest BCUT2D eigenvalue weighted by atomic mass is 32.2. The lowest BCUT2D eigenvalue weighted by molar-refractivity contribution is 0.168. The second-order valence-electron chi connectivity index (χ2n) is 3.39. The van der Waals surface area contributed by atoms with Gasteiger partial charge in [0.1, 0.15) is 0 Å². The molecule has 0 saturated carbocycles. The van der Waals surface area contributed by atoms with Gasteiger partial charge in [0, 0.05) is 5.25 Å². The third-order valence-electron chi connectivity index (χ3n) is 1.88. The van der Waals surface area contributed by atoms with Gasteiger partial charge in [-0.1, -0.05) is 13.8 Å². The molecule has 10 heavy (non-hydrogen) atoms. The molecule has 0 unspecified atom stereocenters. The highest BCUT2D eigenvalue weighted by Crippen LogP contribution is 2.31. The summed E-state index contributed by atoms with van der Waals surface area (Å²) in [4.78, 5) is 0. The first-order valence-electron chi connectivity index (χ1n) is 4.00. The summed E-state index contributed by atoms with van der Waals surface area (Å²) in [6.45, 7) is 4.43. The van der Waals surface area contributed by atoms with Crippen molar-refractivity contribution >= 4 is 11.8 Å². The van der Waals surface area contributed by atoms with E-state index in [0.717, 1.165) is 18.1 Å². The molecule has 60 valence electrons. The molecule has 1 aliphatic rings. The molecule has 1 saturated heterocycles. The molecule has 1 N–H and O–H groups in total. The van der Waals surface area contributed by atoms with Crippen LogP contribution < -0.4 is 0 Å². The van der Waals surface area contributed by atoms with Crippen molar-refractivity contribution in [2.75, 3.05) is 5.75 Å². The first-order chi connectivity index (χ1) is 4.70. The lowest BCUT2D eigenvalue weighted by atomic mass is 10.0. The number of rotatable bonds is 2. The summed E-state index contributed by atoms with van der Waals surface area (Å²) in [6, 6.07) is 0. The van der Waals surface area contributed by atoms with E-state index in [0.29, 0.717) is 5.25 Å². The largest absolute Gasteiger partial charge is 0.392 e. The van der Waals surface area contributed by atoms with E-state index in [1.165, 1.54) is 6.42 Å². The third kappa shape index (κ3) is 2.17. The van der Waals surface area contributed by atoms with Gasteiger partial charge < -0.3 is 5.11 Å². The topological polar surface area (TPSA) is 20.2 Å². The first-order valence-corrected chi connectivity index (χ1v) is 5.04. The van der Waals surface area contributed by atoms with Crippen LogP contribution in [0.3, 0.4) is 0 Å². The Morgan fingerprint density at radius 2 is 2.30 bits per heavy atom. The van der Waals surface area contributed by atoms with Crippen molar-refractivity contribution in [2.45, 2.75) is 38.0 Å². The average molecular weight is 160 g/mol. The molecule has 0 spiro atoms. The van der Waals surface area contributed by atoms with Crippen LogP contribution in [0.1, 0.15) is 26.7 Å². The second-order valence-corrected chi connectivity index (χ2v) is 4.74. The highest BCUT2D eigenvalue weighted by Gasteiger charge is 2.25. The molecule has 1 rings (SSSR count). The number of hydrogen-bond acceptors (Lipinski definition) is 2. The Kier molecular flexibility index (Phi) is 3.05. The quantitative estimate of drug-likeness (QED) is 0.666. The van der Waals surface area contributed by atoms with Crippen LogP contribution in [0.25, 0.3) is 0 Å². The minimum atomic E-state index is -0.0209. The molecule has 2 atom stereocenters. The third-order valence-corrected chi connectivity index (χ3v) is 3.28. The SMILES string of the molecule is CC(C)C[C@H]1SCC[C@H]1O. The Labute approximate surface area is 67.2 Å². The summed E-state index contributed by atoms with van der Waals surface area (Å²) in [5.41, 5.74) is 0. The zero-order chi connectivity index (χ0) is 7.56. The number of aliphatic hydroxyl groups excluding tert-OH is 1. The lowest BCUT2D eigenvalue weighted by Gasteiger charge is -2.14. The molecular formula is C8H16OS. The van der Waals surface area contributed by atoms with Crippen molar-refractivity contribution in [1.82, 2.24) is 0 Å². The summed E-state index contributed by atoms with van der Waals surface area (Å²) in [7, 11) is 0. The van der Waals surface area contributed by atoms with E-state index in [-0.39, 0.29) is 6.10 Å². The van der Waals surface area contributed by atoms with Gasteiger partial charge in [-0.3, -0.25) is 0 Å². The smallest absolute Gasteiger partial charge is 0.0666 e. The monoisotopic (exact) mass is 160 g/mol. The van der Waals surface area contributed by atoms with Gasteiger partial charge >= 0.3 is 0 Å². The van der Waals surface area contributed by atoms with Crippen LogP contribution in [0.4, 0.5) is 0 Å². The maximum atomic E-state index is 9.42. The predicted molar refractivity (Wildman–Crippen MR) is 46.3 cm³/mol. The van der Waals surface area contributed by atoms with Gasteiger partial charge in [0.2, 0.25) is 0 Å². The number of aliphatic hydroxyl groups is 1. The van der Waals surface area contributed by atoms with Crippen molar-refractivity contribution in [3.63, 3.8) is 0 Å². The molecule has 0 bridgehead atoms. The van der Waals surface area contributed by atoms with E-state index in [2.05, 4.69) is 13.8 Å². The molecule has 0 radical (unpaired) electrons. The van der Waals surface area contributed by atoms with E-state index in [9.17, 15) is 5.11 Å². The Morgan fingerprint density at radius 3 is 2.70 bits per heavy atom. The molecule has 0 aromatic rings. The zero-order valence-corrected chi connectivity index (χ0v) is 7.53. The summed E-state index contributed by atoms with van der Waals surface area (Å²) >= 11 is 1.93. The van der Waals surface area contributed by atoms with Gasteiger partial charge in [-0.25, -0.2) is 0 Å². The average Bonchev–Trinajstić information content (AvgIpc) is 2.15. The molecule has 0 aliphatic carbocycles. The first kappa shape index (κ1) is 8.41. The number of thioether (sulfide) groups is 1. The van der Waals surface area contributed by atoms with Crippen LogP contribution in [0, 0.1) is 5.92 Å². The molecular weight excluding hydrogens is 144 g/mol. The lowest BCUT2D eigenvalue weighted by Crippen LogP contribution is -2.18. The Hall–Kier alpha value is 0.310. The van der Waals surface area contributed by atoms with Crippen LogP contribution in [0.2, 0.25) is 0 Å². The van der Waals surface area contributed by atoms with Crippen molar-refractivity contribution in [3.8, 4) is 0 Å². The minimum Gasteiger partial charge on any atom is -0.392 e. The maximum Gasteiger partial charge on any atom is 0.0666 e. The van der Waals surface area contributed by atoms with Crippen molar-refractivity contribution in [3.05, 3.63) is 0 Å². The van der Waals surface area contributed by atoms with E-state index < -0.39 is 0 Å². The normalized spacial score (nSPS) is 33.6. The van der Waals surface area contributed by atoms with Crippen LogP contribution >= 0.6 is 11.8 Å². The molecule has 1 heterocycles. The fraction of sp³-hybridized carbons (Fsp3) is 1.00. The highest BCUT2D eigenvalue weighted by molar-refractivity contribution is 8.00. The van der Waals surface area contributed by atoms with Gasteiger partial charge in [-0.2, -0.15) is 11.8 Å². The van der Waals surface area contributed by atoms with Gasteiger partial charge in [-0.15, -0.1) is 0 Å². The van der Waals surface area contributed by atoms with Gasteiger partial charge in [0.25, 0.3) is 0 Å². The summed E-state index contributed by atoms with van der Waals surface area (Å²) < 4.78 is 0. The molecule has 0 aromatic carbocycles. The van der Waals surface area contributed by atoms with Crippen LogP contribution in [-0.2, 0) is 0 Å². The molecule has 1 nitrogen and oxygen atoms in total. The molecule has 2 heteroatoms.